The van der Waals surface area contributed by atoms with Crippen molar-refractivity contribution in [2.75, 3.05) is 12.1 Å². The number of fused-ring (bicyclic) bond motifs is 1. The molecule has 160 valence electrons. The van der Waals surface area contributed by atoms with E-state index in [0.29, 0.717) is 17.2 Å². The van der Waals surface area contributed by atoms with Gasteiger partial charge in [-0.3, -0.25) is 4.79 Å². The predicted molar refractivity (Wildman–Crippen MR) is 117 cm³/mol. The highest BCUT2D eigenvalue weighted by Crippen LogP contribution is 2.32. The number of carbonyl (C=O) groups excluding carboxylic acids is 1. The van der Waals surface area contributed by atoms with Crippen LogP contribution in [0.2, 0.25) is 0 Å². The Hall–Kier alpha value is -3.36. The monoisotopic (exact) mass is 438 g/mol. The number of benzene rings is 3. The molecule has 0 aliphatic carbocycles. The fourth-order valence-corrected chi connectivity index (χ4v) is 4.43. The minimum atomic E-state index is -3.82. The van der Waals surface area contributed by atoms with Crippen molar-refractivity contribution in [1.29, 1.82) is 0 Å². The molecular formula is C23H22N2O5S. The summed E-state index contributed by atoms with van der Waals surface area (Å²) in [4.78, 5) is 12.7. The number of ether oxygens (including phenoxy) is 2. The zero-order valence-electron chi connectivity index (χ0n) is 17.1. The van der Waals surface area contributed by atoms with Crippen LogP contribution < -0.4 is 19.5 Å². The highest BCUT2D eigenvalue weighted by molar-refractivity contribution is 7.89. The van der Waals surface area contributed by atoms with Crippen LogP contribution >= 0.6 is 0 Å². The molecular weight excluding hydrogens is 416 g/mol. The fraction of sp³-hybridized carbons (Fsp3) is 0.174. The second-order valence-corrected chi connectivity index (χ2v) is 9.14. The first-order valence-corrected chi connectivity index (χ1v) is 11.2. The van der Waals surface area contributed by atoms with Gasteiger partial charge in [0.15, 0.2) is 11.5 Å². The molecule has 0 radical (unpaired) electrons. The Morgan fingerprint density at radius 3 is 2.45 bits per heavy atom. The summed E-state index contributed by atoms with van der Waals surface area (Å²) in [5.41, 5.74) is 3.71. The normalized spacial score (nSPS) is 12.6. The molecule has 0 aromatic heterocycles. The van der Waals surface area contributed by atoms with Crippen molar-refractivity contribution in [3.63, 3.8) is 0 Å². The van der Waals surface area contributed by atoms with Crippen molar-refractivity contribution in [1.82, 2.24) is 4.72 Å². The third kappa shape index (κ3) is 4.87. The lowest BCUT2D eigenvalue weighted by atomic mass is 10.1. The van der Waals surface area contributed by atoms with Crippen molar-refractivity contribution < 1.29 is 22.7 Å². The summed E-state index contributed by atoms with van der Waals surface area (Å²) in [5.74, 6) is 0.841. The van der Waals surface area contributed by atoms with E-state index < -0.39 is 10.0 Å². The first-order chi connectivity index (χ1) is 14.8. The number of nitrogens with one attached hydrogen (secondary N) is 2. The van der Waals surface area contributed by atoms with E-state index in [0.717, 1.165) is 16.7 Å². The smallest absolute Gasteiger partial charge is 0.255 e. The molecule has 0 spiro atoms. The lowest BCUT2D eigenvalue weighted by Crippen LogP contribution is -2.23. The molecule has 1 aliphatic rings. The summed E-state index contributed by atoms with van der Waals surface area (Å²) in [6, 6.07) is 16.9. The van der Waals surface area contributed by atoms with Gasteiger partial charge in [-0.2, -0.15) is 0 Å². The Kier molecular flexibility index (Phi) is 5.67. The maximum atomic E-state index is 12.8. The Balaban J connectivity index is 1.47. The van der Waals surface area contributed by atoms with E-state index in [2.05, 4.69) is 10.0 Å². The lowest BCUT2D eigenvalue weighted by molar-refractivity contribution is 0.102. The van der Waals surface area contributed by atoms with Gasteiger partial charge in [-0.1, -0.05) is 18.2 Å². The van der Waals surface area contributed by atoms with E-state index in [1.54, 1.807) is 30.3 Å². The third-order valence-electron chi connectivity index (χ3n) is 4.79. The first-order valence-electron chi connectivity index (χ1n) is 9.68. The molecule has 1 aliphatic heterocycles. The summed E-state index contributed by atoms with van der Waals surface area (Å²) in [6.45, 7) is 4.13. The fourth-order valence-electron chi connectivity index (χ4n) is 3.37. The molecule has 0 atom stereocenters. The van der Waals surface area contributed by atoms with E-state index in [4.69, 9.17) is 9.47 Å². The van der Waals surface area contributed by atoms with Gasteiger partial charge in [0.25, 0.3) is 5.91 Å². The molecule has 7 nitrogen and oxygen atoms in total. The largest absolute Gasteiger partial charge is 0.454 e. The van der Waals surface area contributed by atoms with Crippen LogP contribution in [0.1, 0.15) is 27.0 Å². The van der Waals surface area contributed by atoms with Gasteiger partial charge in [0.05, 0.1) is 4.90 Å². The van der Waals surface area contributed by atoms with Crippen LogP contribution in [0.15, 0.2) is 65.6 Å². The number of amides is 1. The number of carbonyl (C=O) groups is 1. The quantitative estimate of drug-likeness (QED) is 0.611. The average molecular weight is 439 g/mol. The van der Waals surface area contributed by atoms with Crippen molar-refractivity contribution in [3.8, 4) is 11.5 Å². The molecule has 3 aromatic rings. The molecule has 4 rings (SSSR count). The maximum Gasteiger partial charge on any atom is 0.255 e. The van der Waals surface area contributed by atoms with Gasteiger partial charge >= 0.3 is 0 Å². The molecule has 31 heavy (non-hydrogen) atoms. The molecule has 0 saturated carbocycles. The maximum absolute atomic E-state index is 12.8. The van der Waals surface area contributed by atoms with Gasteiger partial charge in [0.2, 0.25) is 16.8 Å². The summed E-state index contributed by atoms with van der Waals surface area (Å²) in [5, 5.41) is 2.82. The van der Waals surface area contributed by atoms with Gasteiger partial charge < -0.3 is 14.8 Å². The summed E-state index contributed by atoms with van der Waals surface area (Å²) in [6.07, 6.45) is 0. The Bertz CT molecular complexity index is 1230. The second-order valence-electron chi connectivity index (χ2n) is 7.37. The van der Waals surface area contributed by atoms with E-state index >= 15 is 0 Å². The van der Waals surface area contributed by atoms with Crippen molar-refractivity contribution >= 4 is 21.6 Å². The highest BCUT2D eigenvalue weighted by Gasteiger charge is 2.18. The molecule has 1 amide bonds. The van der Waals surface area contributed by atoms with E-state index in [1.165, 1.54) is 12.1 Å². The Morgan fingerprint density at radius 1 is 0.935 bits per heavy atom. The molecule has 0 saturated heterocycles. The van der Waals surface area contributed by atoms with Crippen molar-refractivity contribution in [2.45, 2.75) is 25.3 Å². The van der Waals surface area contributed by atoms with Crippen molar-refractivity contribution in [3.05, 3.63) is 82.9 Å². The molecule has 3 aromatic carbocycles. The summed E-state index contributed by atoms with van der Waals surface area (Å²) in [7, 11) is -3.82. The van der Waals surface area contributed by atoms with Crippen molar-refractivity contribution in [2.24, 2.45) is 0 Å². The van der Waals surface area contributed by atoms with Crippen LogP contribution in [0, 0.1) is 13.8 Å². The third-order valence-corrected chi connectivity index (χ3v) is 6.19. The number of anilines is 1. The zero-order chi connectivity index (χ0) is 22.0. The minimum Gasteiger partial charge on any atom is -0.454 e. The number of hydrogen-bond donors (Lipinski definition) is 2. The van der Waals surface area contributed by atoms with E-state index in [1.807, 2.05) is 32.0 Å². The summed E-state index contributed by atoms with van der Waals surface area (Å²) < 4.78 is 38.7. The molecule has 1 heterocycles. The van der Waals surface area contributed by atoms with Gasteiger partial charge in [-0.15, -0.1) is 0 Å². The topological polar surface area (TPSA) is 93.7 Å². The van der Waals surface area contributed by atoms with E-state index in [9.17, 15) is 13.2 Å². The number of sulfonamides is 1. The molecule has 2 N–H and O–H groups in total. The van der Waals surface area contributed by atoms with Crippen LogP contribution in [-0.2, 0) is 16.6 Å². The first kappa shape index (κ1) is 20.9. The van der Waals surface area contributed by atoms with Gasteiger partial charge in [0.1, 0.15) is 0 Å². The molecule has 0 unspecified atom stereocenters. The van der Waals surface area contributed by atoms with Gasteiger partial charge in [-0.05, 0) is 73.0 Å². The molecule has 0 fully saturated rings. The van der Waals surface area contributed by atoms with Crippen LogP contribution in [0.3, 0.4) is 0 Å². The van der Waals surface area contributed by atoms with Crippen LogP contribution in [-0.4, -0.2) is 21.1 Å². The Morgan fingerprint density at radius 2 is 1.68 bits per heavy atom. The number of aryl methyl sites for hydroxylation is 2. The highest BCUT2D eigenvalue weighted by atomic mass is 32.2. The molecule has 0 bridgehead atoms. The molecule has 8 heteroatoms. The number of rotatable bonds is 6. The lowest BCUT2D eigenvalue weighted by Gasteiger charge is -2.10. The number of hydrogen-bond acceptors (Lipinski definition) is 5. The van der Waals surface area contributed by atoms with Crippen LogP contribution in [0.5, 0.6) is 11.5 Å². The van der Waals surface area contributed by atoms with Gasteiger partial charge in [0, 0.05) is 17.8 Å². The van der Waals surface area contributed by atoms with Crippen LogP contribution in [0.25, 0.3) is 0 Å². The Labute approximate surface area is 181 Å². The SMILES string of the molecule is Cc1cc(C)cc(NC(=O)c2cccc(S(=O)(=O)NCc3ccc4c(c3)OCO4)c2)c1. The second kappa shape index (κ2) is 8.41. The minimum absolute atomic E-state index is 0.0151. The average Bonchev–Trinajstić information content (AvgIpc) is 3.19. The standard InChI is InChI=1S/C23H22N2O5S/c1-15-8-16(2)10-19(9-15)25-23(26)18-4-3-5-20(12-18)31(27,28)24-13-17-6-7-21-22(11-17)30-14-29-21/h3-12,24H,13-14H2,1-2H3,(H,25,26). The zero-order valence-corrected chi connectivity index (χ0v) is 18.0. The predicted octanol–water partition coefficient (Wildman–Crippen LogP) is 3.76. The van der Waals surface area contributed by atoms with Crippen LogP contribution in [0.4, 0.5) is 5.69 Å². The van der Waals surface area contributed by atoms with Gasteiger partial charge in [-0.25, -0.2) is 13.1 Å². The summed E-state index contributed by atoms with van der Waals surface area (Å²) >= 11 is 0. The van der Waals surface area contributed by atoms with E-state index in [-0.39, 0.29) is 29.7 Å².